The number of hydrogen-bond donors (Lipinski definition) is 0. The van der Waals surface area contributed by atoms with Crippen molar-refractivity contribution in [2.45, 2.75) is 0 Å². The standard InChI is InChI=1S/C21H15NO2/c1-3-8-16(9-4-1)20-21(17-10-5-2-6-11-17)24-19(22-20)14-13-18-12-7-15-23-18/h1-15H/b14-13+. The fraction of sp³-hybridized carbons (Fsp3) is 0. The van der Waals surface area contributed by atoms with Gasteiger partial charge in [0.2, 0.25) is 5.89 Å². The zero-order valence-corrected chi connectivity index (χ0v) is 12.9. The lowest BCUT2D eigenvalue weighted by Crippen LogP contribution is -1.81. The highest BCUT2D eigenvalue weighted by Gasteiger charge is 2.15. The quantitative estimate of drug-likeness (QED) is 0.480. The lowest BCUT2D eigenvalue weighted by molar-refractivity contribution is 0.553. The lowest BCUT2D eigenvalue weighted by atomic mass is 10.1. The summed E-state index contributed by atoms with van der Waals surface area (Å²) < 4.78 is 11.3. The van der Waals surface area contributed by atoms with Gasteiger partial charge in [0.1, 0.15) is 11.5 Å². The van der Waals surface area contributed by atoms with Crippen LogP contribution in [0, 0.1) is 0 Å². The maximum atomic E-state index is 6.01. The number of oxazole rings is 1. The molecule has 0 amide bonds. The molecule has 0 aliphatic rings. The smallest absolute Gasteiger partial charge is 0.220 e. The van der Waals surface area contributed by atoms with Crippen LogP contribution in [0.4, 0.5) is 0 Å². The van der Waals surface area contributed by atoms with Gasteiger partial charge in [-0.1, -0.05) is 60.7 Å². The number of nitrogens with zero attached hydrogens (tertiary/aromatic N) is 1. The second kappa shape index (κ2) is 6.42. The van der Waals surface area contributed by atoms with E-state index in [4.69, 9.17) is 8.83 Å². The van der Waals surface area contributed by atoms with Gasteiger partial charge in [-0.05, 0) is 18.2 Å². The topological polar surface area (TPSA) is 39.2 Å². The molecule has 0 saturated heterocycles. The molecule has 0 unspecified atom stereocenters. The van der Waals surface area contributed by atoms with Gasteiger partial charge in [0.05, 0.1) is 6.26 Å². The fourth-order valence-electron chi connectivity index (χ4n) is 2.52. The first-order valence-electron chi connectivity index (χ1n) is 7.73. The van der Waals surface area contributed by atoms with Gasteiger partial charge < -0.3 is 8.83 Å². The summed E-state index contributed by atoms with van der Waals surface area (Å²) in [6, 6.07) is 23.8. The molecular weight excluding hydrogens is 298 g/mol. The van der Waals surface area contributed by atoms with Crippen molar-refractivity contribution in [2.24, 2.45) is 0 Å². The van der Waals surface area contributed by atoms with Gasteiger partial charge in [-0.2, -0.15) is 0 Å². The van der Waals surface area contributed by atoms with E-state index in [9.17, 15) is 0 Å². The van der Waals surface area contributed by atoms with Crippen LogP contribution in [0.2, 0.25) is 0 Å². The molecule has 2 aromatic heterocycles. The zero-order valence-electron chi connectivity index (χ0n) is 12.9. The Morgan fingerprint density at radius 2 is 1.42 bits per heavy atom. The van der Waals surface area contributed by atoms with Crippen molar-refractivity contribution in [1.29, 1.82) is 0 Å². The van der Waals surface area contributed by atoms with E-state index in [0.29, 0.717) is 5.89 Å². The van der Waals surface area contributed by atoms with E-state index in [1.54, 1.807) is 6.26 Å². The zero-order chi connectivity index (χ0) is 16.2. The minimum atomic E-state index is 0.545. The first kappa shape index (κ1) is 14.3. The Balaban J connectivity index is 1.79. The highest BCUT2D eigenvalue weighted by molar-refractivity contribution is 5.78. The number of benzene rings is 2. The summed E-state index contributed by atoms with van der Waals surface area (Å²) in [7, 11) is 0. The maximum absolute atomic E-state index is 6.01. The van der Waals surface area contributed by atoms with Crippen molar-refractivity contribution < 1.29 is 8.83 Å². The van der Waals surface area contributed by atoms with Crippen LogP contribution in [0.15, 0.2) is 87.9 Å². The molecule has 24 heavy (non-hydrogen) atoms. The molecule has 0 radical (unpaired) electrons. The second-order valence-electron chi connectivity index (χ2n) is 5.31. The first-order valence-corrected chi connectivity index (χ1v) is 7.73. The molecule has 0 N–H and O–H groups in total. The van der Waals surface area contributed by atoms with Crippen LogP contribution < -0.4 is 0 Å². The molecule has 0 bridgehead atoms. The second-order valence-corrected chi connectivity index (χ2v) is 5.31. The average molecular weight is 313 g/mol. The summed E-state index contributed by atoms with van der Waals surface area (Å²) in [6.45, 7) is 0. The minimum absolute atomic E-state index is 0.545. The summed E-state index contributed by atoms with van der Waals surface area (Å²) >= 11 is 0. The third-order valence-electron chi connectivity index (χ3n) is 3.66. The SMILES string of the molecule is C(=C\c1nc(-c2ccccc2)c(-c2ccccc2)o1)/c1ccco1. The van der Waals surface area contributed by atoms with Crippen molar-refractivity contribution in [3.05, 3.63) is 90.7 Å². The van der Waals surface area contributed by atoms with Gasteiger partial charge in [-0.3, -0.25) is 0 Å². The molecule has 3 nitrogen and oxygen atoms in total. The molecule has 116 valence electrons. The van der Waals surface area contributed by atoms with Gasteiger partial charge in [0.15, 0.2) is 5.76 Å². The number of aromatic nitrogens is 1. The molecule has 0 fully saturated rings. The number of rotatable bonds is 4. The molecule has 3 heteroatoms. The summed E-state index contributed by atoms with van der Waals surface area (Å²) in [4.78, 5) is 4.66. The van der Waals surface area contributed by atoms with Crippen LogP contribution in [0.25, 0.3) is 34.7 Å². The third-order valence-corrected chi connectivity index (χ3v) is 3.66. The molecule has 2 heterocycles. The Kier molecular flexibility index (Phi) is 3.82. The third kappa shape index (κ3) is 2.92. The van der Waals surface area contributed by atoms with Crippen molar-refractivity contribution in [3.8, 4) is 22.6 Å². The molecule has 0 aliphatic heterocycles. The Labute approximate surface area is 139 Å². The van der Waals surface area contributed by atoms with Gasteiger partial charge in [-0.25, -0.2) is 4.98 Å². The lowest BCUT2D eigenvalue weighted by Gasteiger charge is -2.00. The van der Waals surface area contributed by atoms with E-state index in [-0.39, 0.29) is 0 Å². The predicted molar refractivity (Wildman–Crippen MR) is 95.0 cm³/mol. The molecule has 0 saturated carbocycles. The van der Waals surface area contributed by atoms with E-state index in [1.165, 1.54) is 0 Å². The minimum Gasteiger partial charge on any atom is -0.465 e. The van der Waals surface area contributed by atoms with Gasteiger partial charge in [0, 0.05) is 17.2 Å². The van der Waals surface area contributed by atoms with E-state index in [1.807, 2.05) is 84.9 Å². The first-order chi connectivity index (χ1) is 11.9. The summed E-state index contributed by atoms with van der Waals surface area (Å²) in [5.41, 5.74) is 2.86. The van der Waals surface area contributed by atoms with E-state index in [0.717, 1.165) is 28.3 Å². The molecule has 0 spiro atoms. The normalized spacial score (nSPS) is 11.2. The Morgan fingerprint density at radius 1 is 0.708 bits per heavy atom. The Bertz CT molecular complexity index is 879. The molecule has 0 atom stereocenters. The molecular formula is C21H15NO2. The fourth-order valence-corrected chi connectivity index (χ4v) is 2.52. The van der Waals surface area contributed by atoms with Crippen LogP contribution in [-0.4, -0.2) is 4.98 Å². The van der Waals surface area contributed by atoms with Crippen LogP contribution >= 0.6 is 0 Å². The Hall–Kier alpha value is -3.33. The van der Waals surface area contributed by atoms with Crippen molar-refractivity contribution in [2.75, 3.05) is 0 Å². The summed E-state index contributed by atoms with van der Waals surface area (Å²) in [5.74, 6) is 2.07. The van der Waals surface area contributed by atoms with Crippen molar-refractivity contribution in [1.82, 2.24) is 4.98 Å². The molecule has 4 rings (SSSR count). The average Bonchev–Trinajstić information content (AvgIpc) is 3.31. The summed E-state index contributed by atoms with van der Waals surface area (Å²) in [6.07, 6.45) is 5.30. The van der Waals surface area contributed by atoms with E-state index in [2.05, 4.69) is 4.98 Å². The maximum Gasteiger partial charge on any atom is 0.220 e. The van der Waals surface area contributed by atoms with Gasteiger partial charge in [-0.15, -0.1) is 0 Å². The number of hydrogen-bond acceptors (Lipinski definition) is 3. The van der Waals surface area contributed by atoms with E-state index >= 15 is 0 Å². The molecule has 4 aromatic rings. The molecule has 2 aromatic carbocycles. The Morgan fingerprint density at radius 3 is 2.08 bits per heavy atom. The van der Waals surface area contributed by atoms with Crippen molar-refractivity contribution >= 4 is 12.2 Å². The van der Waals surface area contributed by atoms with Crippen LogP contribution in [0.1, 0.15) is 11.7 Å². The van der Waals surface area contributed by atoms with Crippen LogP contribution in [-0.2, 0) is 0 Å². The highest BCUT2D eigenvalue weighted by atomic mass is 16.4. The predicted octanol–water partition coefficient (Wildman–Crippen LogP) is 5.77. The van der Waals surface area contributed by atoms with Crippen LogP contribution in [0.5, 0.6) is 0 Å². The monoisotopic (exact) mass is 313 g/mol. The van der Waals surface area contributed by atoms with Crippen LogP contribution in [0.3, 0.4) is 0 Å². The molecule has 0 aliphatic carbocycles. The van der Waals surface area contributed by atoms with Gasteiger partial charge >= 0.3 is 0 Å². The van der Waals surface area contributed by atoms with E-state index < -0.39 is 0 Å². The van der Waals surface area contributed by atoms with Crippen molar-refractivity contribution in [3.63, 3.8) is 0 Å². The number of furan rings is 1. The summed E-state index contributed by atoms with van der Waals surface area (Å²) in [5, 5.41) is 0. The highest BCUT2D eigenvalue weighted by Crippen LogP contribution is 2.33. The largest absolute Gasteiger partial charge is 0.465 e. The van der Waals surface area contributed by atoms with Gasteiger partial charge in [0.25, 0.3) is 0 Å².